The lowest BCUT2D eigenvalue weighted by molar-refractivity contribution is -0.184. The van der Waals surface area contributed by atoms with Crippen molar-refractivity contribution < 1.29 is 14.7 Å². The molecule has 1 spiro atoms. The number of aliphatic hydroxyl groups excluding tert-OH is 1. The van der Waals surface area contributed by atoms with Crippen LogP contribution in [0, 0.1) is 0 Å². The number of piperazine rings is 1. The molecule has 1 aliphatic carbocycles. The third-order valence-corrected chi connectivity index (χ3v) is 6.73. The van der Waals surface area contributed by atoms with Crippen molar-refractivity contribution in [3.8, 4) is 0 Å². The molecule has 2 unspecified atom stereocenters. The molecule has 4 fully saturated rings. The van der Waals surface area contributed by atoms with E-state index in [0.717, 1.165) is 5.56 Å². The van der Waals surface area contributed by atoms with Crippen LogP contribution in [0.4, 0.5) is 0 Å². The summed E-state index contributed by atoms with van der Waals surface area (Å²) < 4.78 is 0. The summed E-state index contributed by atoms with van der Waals surface area (Å²) in [6.45, 7) is 2.14. The minimum atomic E-state index is -0.625. The van der Waals surface area contributed by atoms with Crippen molar-refractivity contribution in [1.82, 2.24) is 14.7 Å². The number of hydrogen-bond acceptors (Lipinski definition) is 5. The molecular weight excluding hydrogens is 330 g/mol. The van der Waals surface area contributed by atoms with Gasteiger partial charge < -0.3 is 5.11 Å². The van der Waals surface area contributed by atoms with E-state index in [0.29, 0.717) is 38.6 Å². The number of amides is 2. The van der Waals surface area contributed by atoms with E-state index in [4.69, 9.17) is 0 Å². The average Bonchev–Trinajstić information content (AvgIpc) is 2.95. The van der Waals surface area contributed by atoms with Crippen molar-refractivity contribution in [2.24, 2.45) is 0 Å². The number of rotatable bonds is 3. The Morgan fingerprint density at radius 2 is 1.85 bits per heavy atom. The molecule has 0 aromatic heterocycles. The highest BCUT2D eigenvalue weighted by Gasteiger charge is 2.65. The van der Waals surface area contributed by atoms with Crippen LogP contribution in [0.5, 0.6) is 0 Å². The van der Waals surface area contributed by atoms with Gasteiger partial charge >= 0.3 is 0 Å². The quantitative estimate of drug-likeness (QED) is 0.805. The molecule has 1 aromatic carbocycles. The number of aliphatic hydroxyl groups is 1. The van der Waals surface area contributed by atoms with Gasteiger partial charge in [0, 0.05) is 25.7 Å². The molecule has 1 N–H and O–H groups in total. The zero-order valence-electron chi connectivity index (χ0n) is 14.9. The van der Waals surface area contributed by atoms with Crippen LogP contribution in [0.3, 0.4) is 0 Å². The second kappa shape index (κ2) is 5.87. The monoisotopic (exact) mass is 355 g/mol. The number of imide groups is 1. The van der Waals surface area contributed by atoms with Crippen LogP contribution in [-0.2, 0) is 16.1 Å². The fourth-order valence-electron chi connectivity index (χ4n) is 5.04. The van der Waals surface area contributed by atoms with Crippen LogP contribution in [-0.4, -0.2) is 75.0 Å². The van der Waals surface area contributed by atoms with Crippen LogP contribution in [0.15, 0.2) is 30.3 Å². The summed E-state index contributed by atoms with van der Waals surface area (Å²) in [5.41, 5.74) is 0.340. The van der Waals surface area contributed by atoms with Gasteiger partial charge in [0.05, 0.1) is 18.7 Å². The molecule has 3 aliphatic heterocycles. The molecule has 1 saturated carbocycles. The molecule has 6 nitrogen and oxygen atoms in total. The van der Waals surface area contributed by atoms with E-state index < -0.39 is 11.6 Å². The van der Waals surface area contributed by atoms with E-state index in [9.17, 15) is 14.7 Å². The lowest BCUT2D eigenvalue weighted by Crippen LogP contribution is -2.82. The highest BCUT2D eigenvalue weighted by Crippen LogP contribution is 2.43. The van der Waals surface area contributed by atoms with E-state index in [-0.39, 0.29) is 17.9 Å². The van der Waals surface area contributed by atoms with E-state index in [1.807, 2.05) is 35.2 Å². The summed E-state index contributed by atoms with van der Waals surface area (Å²) in [5, 5.41) is 10.2. The Hall–Kier alpha value is -1.76. The lowest BCUT2D eigenvalue weighted by atomic mass is 9.78. The second-order valence-electron chi connectivity index (χ2n) is 8.29. The summed E-state index contributed by atoms with van der Waals surface area (Å²) in [5.74, 6) is -0.226. The van der Waals surface area contributed by atoms with Crippen LogP contribution in [0.2, 0.25) is 0 Å². The number of carbonyl (C=O) groups excluding carboxylic acids is 2. The first-order valence-electron chi connectivity index (χ1n) is 9.67. The van der Waals surface area contributed by atoms with Crippen molar-refractivity contribution in [3.05, 3.63) is 35.9 Å². The molecule has 3 heterocycles. The first kappa shape index (κ1) is 16.4. The Morgan fingerprint density at radius 1 is 1.12 bits per heavy atom. The molecule has 138 valence electrons. The number of likely N-dealkylation sites (tertiary alicyclic amines) is 1. The maximum atomic E-state index is 13.4. The summed E-state index contributed by atoms with van der Waals surface area (Å²) in [6.07, 6.45) is 3.60. The van der Waals surface area contributed by atoms with Gasteiger partial charge in [-0.1, -0.05) is 36.8 Å². The molecule has 1 aromatic rings. The van der Waals surface area contributed by atoms with E-state index in [1.54, 1.807) is 0 Å². The van der Waals surface area contributed by atoms with Crippen LogP contribution >= 0.6 is 0 Å². The number of carbonyl (C=O) groups is 2. The zero-order chi connectivity index (χ0) is 17.9. The Kier molecular flexibility index (Phi) is 3.71. The lowest BCUT2D eigenvalue weighted by Gasteiger charge is -2.61. The van der Waals surface area contributed by atoms with E-state index >= 15 is 0 Å². The van der Waals surface area contributed by atoms with Gasteiger partial charge in [-0.3, -0.25) is 24.3 Å². The number of fused-ring (bicyclic) bond motifs is 2. The third kappa shape index (κ3) is 2.29. The third-order valence-electron chi connectivity index (χ3n) is 6.73. The van der Waals surface area contributed by atoms with Gasteiger partial charge in [0.25, 0.3) is 5.91 Å². The first-order valence-corrected chi connectivity index (χ1v) is 9.67. The fraction of sp³-hybridized carbons (Fsp3) is 0.600. The van der Waals surface area contributed by atoms with Gasteiger partial charge in [0.1, 0.15) is 5.54 Å². The topological polar surface area (TPSA) is 64.1 Å². The maximum Gasteiger partial charge on any atom is 0.252 e. The molecule has 0 bridgehead atoms. The van der Waals surface area contributed by atoms with Gasteiger partial charge in [-0.25, -0.2) is 0 Å². The van der Waals surface area contributed by atoms with Gasteiger partial charge in [-0.2, -0.15) is 0 Å². The maximum absolute atomic E-state index is 13.4. The van der Waals surface area contributed by atoms with Crippen molar-refractivity contribution in [1.29, 1.82) is 0 Å². The minimum absolute atomic E-state index is 0.0766. The molecule has 5 rings (SSSR count). The molecule has 4 aliphatic rings. The first-order chi connectivity index (χ1) is 12.6. The molecule has 6 heteroatoms. The summed E-state index contributed by atoms with van der Waals surface area (Å²) in [6, 6.07) is 9.92. The average molecular weight is 355 g/mol. The largest absolute Gasteiger partial charge is 0.392 e. The summed E-state index contributed by atoms with van der Waals surface area (Å²) in [7, 11) is 0. The molecular formula is C20H25N3O3. The van der Waals surface area contributed by atoms with Crippen molar-refractivity contribution in [2.45, 2.75) is 56.0 Å². The van der Waals surface area contributed by atoms with E-state index in [1.165, 1.54) is 24.2 Å². The second-order valence-corrected chi connectivity index (χ2v) is 8.29. The Bertz CT molecular complexity index is 727. The fourth-order valence-corrected chi connectivity index (χ4v) is 5.04. The standard InChI is InChI=1S/C20H25N3O3/c24-16-9-17-18(25)22(10-14-5-2-1-3-6-14)19(26)20(23(17)11-16)12-21(13-20)15-7-4-8-15/h1-3,5-6,15-17,24H,4,7-13H2. The Balaban J connectivity index is 1.44. The normalized spacial score (nSPS) is 31.8. The molecule has 3 saturated heterocycles. The predicted molar refractivity (Wildman–Crippen MR) is 95.1 cm³/mol. The number of nitrogens with zero attached hydrogens (tertiary/aromatic N) is 3. The molecule has 2 atom stereocenters. The SMILES string of the molecule is O=C1C2CC(O)CN2C2(CN(C3CCC3)C2)C(=O)N1Cc1ccccc1. The highest BCUT2D eigenvalue weighted by molar-refractivity contribution is 6.06. The Labute approximate surface area is 153 Å². The number of benzene rings is 1. The van der Waals surface area contributed by atoms with Crippen LogP contribution in [0.25, 0.3) is 0 Å². The van der Waals surface area contributed by atoms with Gasteiger partial charge in [0.2, 0.25) is 5.91 Å². The van der Waals surface area contributed by atoms with Crippen LogP contribution in [0.1, 0.15) is 31.2 Å². The Morgan fingerprint density at radius 3 is 2.50 bits per heavy atom. The van der Waals surface area contributed by atoms with Crippen LogP contribution < -0.4 is 0 Å². The molecule has 26 heavy (non-hydrogen) atoms. The molecule has 0 radical (unpaired) electrons. The number of hydrogen-bond donors (Lipinski definition) is 1. The van der Waals surface area contributed by atoms with Gasteiger partial charge in [-0.05, 0) is 24.8 Å². The summed E-state index contributed by atoms with van der Waals surface area (Å²) in [4.78, 5) is 32.3. The highest BCUT2D eigenvalue weighted by atomic mass is 16.3. The molecule has 2 amide bonds. The summed E-state index contributed by atoms with van der Waals surface area (Å²) >= 11 is 0. The smallest absolute Gasteiger partial charge is 0.252 e. The van der Waals surface area contributed by atoms with Crippen molar-refractivity contribution in [3.63, 3.8) is 0 Å². The zero-order valence-corrected chi connectivity index (χ0v) is 14.9. The van der Waals surface area contributed by atoms with Gasteiger partial charge in [-0.15, -0.1) is 0 Å². The minimum Gasteiger partial charge on any atom is -0.392 e. The van der Waals surface area contributed by atoms with Crippen molar-refractivity contribution >= 4 is 11.8 Å². The predicted octanol–water partition coefficient (Wildman–Crippen LogP) is 0.598. The number of β-amino-alcohol motifs (C(OH)–C–C–N with tert-alkyl or cyclic N) is 1. The van der Waals surface area contributed by atoms with Crippen molar-refractivity contribution in [2.75, 3.05) is 19.6 Å². The van der Waals surface area contributed by atoms with E-state index in [2.05, 4.69) is 4.90 Å². The van der Waals surface area contributed by atoms with Gasteiger partial charge in [0.15, 0.2) is 0 Å².